The van der Waals surface area contributed by atoms with E-state index in [1.165, 1.54) is 6.20 Å². The summed E-state index contributed by atoms with van der Waals surface area (Å²) in [6.45, 7) is -0.353. The van der Waals surface area contributed by atoms with Gasteiger partial charge in [-0.1, -0.05) is 23.2 Å². The van der Waals surface area contributed by atoms with Crippen molar-refractivity contribution in [2.45, 2.75) is 4.33 Å². The number of guanidine groups is 1. The third-order valence-corrected chi connectivity index (χ3v) is 3.77. The van der Waals surface area contributed by atoms with Gasteiger partial charge in [-0.25, -0.2) is 8.78 Å². The Morgan fingerprint density at radius 1 is 1.21 bits per heavy atom. The fourth-order valence-electron chi connectivity index (χ4n) is 2.01. The minimum atomic E-state index is -1.51. The van der Waals surface area contributed by atoms with Crippen LogP contribution >= 0.6 is 23.2 Å². The number of amides is 1. The van der Waals surface area contributed by atoms with Crippen molar-refractivity contribution in [3.8, 4) is 6.19 Å². The highest BCUT2D eigenvalue weighted by atomic mass is 35.5. The van der Waals surface area contributed by atoms with Crippen molar-refractivity contribution in [2.24, 2.45) is 4.99 Å². The number of alkyl halides is 2. The number of aromatic nitrogens is 1. The normalized spacial score (nSPS) is 11.5. The maximum Gasteiger partial charge on any atom is 0.251 e. The molecule has 1 aromatic carbocycles. The molecular formula is C17H14Cl2F2N6O. The van der Waals surface area contributed by atoms with Crippen LogP contribution in [0.15, 0.2) is 47.7 Å². The van der Waals surface area contributed by atoms with Crippen LogP contribution in [0.2, 0.25) is 0 Å². The highest BCUT2D eigenvalue weighted by Gasteiger charge is 2.26. The average molecular weight is 427 g/mol. The SMILES string of the molecule is N#CN=C(NCC(Cl)(Cl)CNC(=O)c1cc(F)cc(F)c1)Nc1cccnc1. The fourth-order valence-corrected chi connectivity index (χ4v) is 2.27. The Balaban J connectivity index is 1.92. The van der Waals surface area contributed by atoms with Crippen LogP contribution in [0, 0.1) is 23.1 Å². The number of rotatable bonds is 6. The predicted molar refractivity (Wildman–Crippen MR) is 102 cm³/mol. The van der Waals surface area contributed by atoms with Gasteiger partial charge in [-0.05, 0) is 24.3 Å². The van der Waals surface area contributed by atoms with Gasteiger partial charge in [0.2, 0.25) is 12.2 Å². The van der Waals surface area contributed by atoms with Crippen LogP contribution in [-0.4, -0.2) is 34.3 Å². The van der Waals surface area contributed by atoms with E-state index < -0.39 is 21.9 Å². The summed E-state index contributed by atoms with van der Waals surface area (Å²) in [5, 5.41) is 16.7. The molecule has 7 nitrogen and oxygen atoms in total. The number of carbonyl (C=O) groups excluding carboxylic acids is 1. The average Bonchev–Trinajstić information content (AvgIpc) is 2.64. The number of anilines is 1. The van der Waals surface area contributed by atoms with Gasteiger partial charge in [-0.3, -0.25) is 9.78 Å². The second-order valence-electron chi connectivity index (χ2n) is 5.48. The molecule has 0 aliphatic rings. The van der Waals surface area contributed by atoms with Gasteiger partial charge in [0.15, 0.2) is 4.33 Å². The van der Waals surface area contributed by atoms with Gasteiger partial charge in [0, 0.05) is 17.8 Å². The van der Waals surface area contributed by atoms with Crippen LogP contribution in [-0.2, 0) is 0 Å². The molecule has 0 aliphatic heterocycles. The number of nitrogens with one attached hydrogen (secondary N) is 3. The van der Waals surface area contributed by atoms with Crippen molar-refractivity contribution >= 4 is 40.8 Å². The summed E-state index contributed by atoms with van der Waals surface area (Å²) in [6, 6.07) is 5.81. The molecule has 2 rings (SSSR count). The molecule has 1 heterocycles. The van der Waals surface area contributed by atoms with Crippen molar-refractivity contribution < 1.29 is 13.6 Å². The first-order chi connectivity index (χ1) is 13.3. The number of pyridine rings is 1. The highest BCUT2D eigenvalue weighted by Crippen LogP contribution is 2.19. The molecule has 28 heavy (non-hydrogen) atoms. The van der Waals surface area contributed by atoms with Crippen LogP contribution in [0.5, 0.6) is 0 Å². The molecule has 0 radical (unpaired) electrons. The number of nitrogens with zero attached hydrogens (tertiary/aromatic N) is 3. The Kier molecular flexibility index (Phi) is 7.49. The first-order valence-electron chi connectivity index (χ1n) is 7.79. The lowest BCUT2D eigenvalue weighted by Gasteiger charge is -2.22. The van der Waals surface area contributed by atoms with Crippen molar-refractivity contribution in [1.29, 1.82) is 5.26 Å². The van der Waals surface area contributed by atoms with Crippen molar-refractivity contribution in [2.75, 3.05) is 18.4 Å². The molecule has 0 spiro atoms. The summed E-state index contributed by atoms with van der Waals surface area (Å²) in [7, 11) is 0. The molecule has 3 N–H and O–H groups in total. The van der Waals surface area contributed by atoms with Crippen LogP contribution in [0.25, 0.3) is 0 Å². The van der Waals surface area contributed by atoms with Gasteiger partial charge in [0.05, 0.1) is 25.0 Å². The third-order valence-electron chi connectivity index (χ3n) is 3.23. The van der Waals surface area contributed by atoms with E-state index in [2.05, 4.69) is 25.9 Å². The quantitative estimate of drug-likeness (QED) is 0.285. The Morgan fingerprint density at radius 2 is 1.89 bits per heavy atom. The largest absolute Gasteiger partial charge is 0.352 e. The Labute approximate surface area is 169 Å². The molecule has 0 bridgehead atoms. The first-order valence-corrected chi connectivity index (χ1v) is 8.54. The minimum absolute atomic E-state index is 0.0692. The second kappa shape index (κ2) is 9.82. The number of hydrogen-bond acceptors (Lipinski definition) is 4. The minimum Gasteiger partial charge on any atom is -0.352 e. The zero-order chi connectivity index (χ0) is 20.6. The summed E-state index contributed by atoms with van der Waals surface area (Å²) < 4.78 is 24.9. The van der Waals surface area contributed by atoms with Gasteiger partial charge in [0.1, 0.15) is 11.6 Å². The smallest absolute Gasteiger partial charge is 0.251 e. The van der Waals surface area contributed by atoms with E-state index in [1.807, 2.05) is 0 Å². The van der Waals surface area contributed by atoms with E-state index in [9.17, 15) is 13.6 Å². The van der Waals surface area contributed by atoms with E-state index in [0.29, 0.717) is 11.8 Å². The van der Waals surface area contributed by atoms with Crippen LogP contribution in [0.3, 0.4) is 0 Å². The van der Waals surface area contributed by atoms with E-state index in [-0.39, 0.29) is 24.6 Å². The van der Waals surface area contributed by atoms with Crippen LogP contribution < -0.4 is 16.0 Å². The Hall–Kier alpha value is -2.96. The van der Waals surface area contributed by atoms with Gasteiger partial charge in [-0.15, -0.1) is 4.99 Å². The molecule has 1 aromatic heterocycles. The second-order valence-corrected chi connectivity index (χ2v) is 7.12. The number of carbonyl (C=O) groups is 1. The topological polar surface area (TPSA) is 102 Å². The standard InChI is InChI=1S/C17H14Cl2F2N6O/c18-17(19,8-24-15(28)11-4-12(20)6-13(21)5-11)9-25-16(26-10-22)27-14-2-1-3-23-7-14/h1-7H,8-9H2,(H,24,28)(H2,25,26,27). The maximum atomic E-state index is 13.2. The predicted octanol–water partition coefficient (Wildman–Crippen LogP) is 2.80. The fraction of sp³-hybridized carbons (Fsp3) is 0.176. The molecule has 1 amide bonds. The van der Waals surface area contributed by atoms with Gasteiger partial charge >= 0.3 is 0 Å². The molecule has 11 heteroatoms. The molecule has 0 saturated carbocycles. The molecule has 0 atom stereocenters. The van der Waals surface area contributed by atoms with Crippen LogP contribution in [0.4, 0.5) is 14.5 Å². The van der Waals surface area contributed by atoms with Gasteiger partial charge in [0.25, 0.3) is 5.91 Å². The lowest BCUT2D eigenvalue weighted by molar-refractivity contribution is 0.0951. The number of aliphatic imine (C=N–C) groups is 1. The molecule has 2 aromatic rings. The number of nitriles is 1. The summed E-state index contributed by atoms with van der Waals surface area (Å²) in [5.41, 5.74) is 0.361. The van der Waals surface area contributed by atoms with E-state index in [4.69, 9.17) is 28.5 Å². The van der Waals surface area contributed by atoms with Crippen LogP contribution in [0.1, 0.15) is 10.4 Å². The van der Waals surface area contributed by atoms with E-state index in [0.717, 1.165) is 12.1 Å². The lowest BCUT2D eigenvalue weighted by atomic mass is 10.2. The van der Waals surface area contributed by atoms with Gasteiger partial charge in [-0.2, -0.15) is 5.26 Å². The van der Waals surface area contributed by atoms with E-state index >= 15 is 0 Å². The van der Waals surface area contributed by atoms with E-state index in [1.54, 1.807) is 24.5 Å². The number of benzene rings is 1. The lowest BCUT2D eigenvalue weighted by Crippen LogP contribution is -2.45. The van der Waals surface area contributed by atoms with Crippen molar-refractivity contribution in [1.82, 2.24) is 15.6 Å². The van der Waals surface area contributed by atoms with Gasteiger partial charge < -0.3 is 16.0 Å². The zero-order valence-corrected chi connectivity index (χ0v) is 15.7. The summed E-state index contributed by atoms with van der Waals surface area (Å²) in [5.74, 6) is -2.44. The molecule has 0 saturated heterocycles. The third kappa shape index (κ3) is 6.98. The highest BCUT2D eigenvalue weighted by molar-refractivity contribution is 6.49. The summed E-state index contributed by atoms with van der Waals surface area (Å²) in [6.07, 6.45) is 4.72. The van der Waals surface area contributed by atoms with Crippen molar-refractivity contribution in [3.05, 3.63) is 59.9 Å². The van der Waals surface area contributed by atoms with Crippen molar-refractivity contribution in [3.63, 3.8) is 0 Å². The molecule has 146 valence electrons. The zero-order valence-electron chi connectivity index (χ0n) is 14.2. The molecular weight excluding hydrogens is 413 g/mol. The summed E-state index contributed by atoms with van der Waals surface area (Å²) in [4.78, 5) is 19.5. The number of hydrogen-bond donors (Lipinski definition) is 3. The maximum absolute atomic E-state index is 13.2. The molecule has 0 unspecified atom stereocenters. The summed E-state index contributed by atoms with van der Waals surface area (Å²) >= 11 is 12.3. The molecule has 0 aliphatic carbocycles. The Bertz CT molecular complexity index is 882. The molecule has 0 fully saturated rings. The monoisotopic (exact) mass is 426 g/mol. The first kappa shape index (κ1) is 21.3. The Morgan fingerprint density at radius 3 is 2.50 bits per heavy atom. The number of halogens is 4.